The van der Waals surface area contributed by atoms with Crippen molar-refractivity contribution in [2.75, 3.05) is 0 Å². The minimum atomic E-state index is -0.946. The van der Waals surface area contributed by atoms with Crippen LogP contribution in [-0.4, -0.2) is 5.11 Å². The third-order valence-corrected chi connectivity index (χ3v) is 5.30. The summed E-state index contributed by atoms with van der Waals surface area (Å²) in [5.41, 5.74) is 1.90. The van der Waals surface area contributed by atoms with E-state index in [0.29, 0.717) is 5.56 Å². The maximum absolute atomic E-state index is 14.0. The van der Waals surface area contributed by atoms with Gasteiger partial charge in [-0.2, -0.15) is 0 Å². The normalized spacial score (nSPS) is 12.8. The Kier molecular flexibility index (Phi) is 3.63. The lowest BCUT2D eigenvalue weighted by Gasteiger charge is -2.12. The summed E-state index contributed by atoms with van der Waals surface area (Å²) in [6, 6.07) is 10.7. The van der Waals surface area contributed by atoms with Crippen molar-refractivity contribution in [2.45, 2.75) is 13.0 Å². The highest BCUT2D eigenvalue weighted by molar-refractivity contribution is 9.10. The van der Waals surface area contributed by atoms with Gasteiger partial charge in [-0.25, -0.2) is 4.39 Å². The van der Waals surface area contributed by atoms with Crippen molar-refractivity contribution in [3.05, 3.63) is 68.8 Å². The third-order valence-electron chi connectivity index (χ3n) is 3.33. The minimum absolute atomic E-state index is 0.315. The van der Waals surface area contributed by atoms with Crippen LogP contribution >= 0.6 is 27.3 Å². The Balaban J connectivity index is 2.13. The van der Waals surface area contributed by atoms with E-state index < -0.39 is 6.10 Å². The fraction of sp³-hybridized carbons (Fsp3) is 0.125. The van der Waals surface area contributed by atoms with Gasteiger partial charge in [0.15, 0.2) is 0 Å². The van der Waals surface area contributed by atoms with Crippen LogP contribution in [0.25, 0.3) is 10.1 Å². The van der Waals surface area contributed by atoms with Gasteiger partial charge in [0.1, 0.15) is 11.9 Å². The molecule has 20 heavy (non-hydrogen) atoms. The first-order chi connectivity index (χ1) is 9.58. The fourth-order valence-corrected chi connectivity index (χ4v) is 3.92. The first kappa shape index (κ1) is 13.7. The van der Waals surface area contributed by atoms with Crippen LogP contribution in [-0.2, 0) is 0 Å². The molecule has 102 valence electrons. The number of aliphatic hydroxyl groups excluding tert-OH is 1. The summed E-state index contributed by atoms with van der Waals surface area (Å²) in [5, 5.41) is 13.3. The Bertz CT molecular complexity index is 781. The monoisotopic (exact) mass is 350 g/mol. The SMILES string of the molecule is Cc1ccc(C(O)c2csc3c(Br)cccc23)c(F)c1. The number of aryl methyl sites for hydroxylation is 1. The number of halogens is 2. The molecule has 4 heteroatoms. The van der Waals surface area contributed by atoms with Crippen LogP contribution in [0.15, 0.2) is 46.3 Å². The van der Waals surface area contributed by atoms with Crippen LogP contribution in [0.2, 0.25) is 0 Å². The van der Waals surface area contributed by atoms with Gasteiger partial charge in [0.25, 0.3) is 0 Å². The Hall–Kier alpha value is -1.23. The summed E-state index contributed by atoms with van der Waals surface area (Å²) in [7, 11) is 0. The molecule has 0 radical (unpaired) electrons. The summed E-state index contributed by atoms with van der Waals surface area (Å²) >= 11 is 5.04. The molecule has 0 saturated heterocycles. The van der Waals surface area contributed by atoms with Crippen LogP contribution in [0.3, 0.4) is 0 Å². The number of hydrogen-bond donors (Lipinski definition) is 1. The van der Waals surface area contributed by atoms with E-state index in [-0.39, 0.29) is 5.82 Å². The molecule has 0 amide bonds. The van der Waals surface area contributed by atoms with Crippen molar-refractivity contribution >= 4 is 37.4 Å². The van der Waals surface area contributed by atoms with E-state index in [4.69, 9.17) is 0 Å². The quantitative estimate of drug-likeness (QED) is 0.673. The van der Waals surface area contributed by atoms with Crippen LogP contribution in [0.5, 0.6) is 0 Å². The largest absolute Gasteiger partial charge is 0.383 e. The van der Waals surface area contributed by atoms with Crippen LogP contribution in [0.4, 0.5) is 4.39 Å². The lowest BCUT2D eigenvalue weighted by Crippen LogP contribution is -2.02. The molecule has 1 heterocycles. The molecule has 0 aliphatic carbocycles. The van der Waals surface area contributed by atoms with E-state index in [0.717, 1.165) is 25.7 Å². The zero-order chi connectivity index (χ0) is 14.3. The molecule has 0 saturated carbocycles. The number of aliphatic hydroxyl groups is 1. The lowest BCUT2D eigenvalue weighted by atomic mass is 9.99. The van der Waals surface area contributed by atoms with Gasteiger partial charge in [0.05, 0.1) is 0 Å². The van der Waals surface area contributed by atoms with E-state index in [9.17, 15) is 9.50 Å². The number of fused-ring (bicyclic) bond motifs is 1. The highest BCUT2D eigenvalue weighted by Gasteiger charge is 2.19. The molecule has 0 spiro atoms. The molecule has 2 aromatic carbocycles. The molecule has 3 aromatic rings. The van der Waals surface area contributed by atoms with Crippen molar-refractivity contribution in [3.8, 4) is 0 Å². The molecule has 1 atom stereocenters. The van der Waals surface area contributed by atoms with Gasteiger partial charge >= 0.3 is 0 Å². The minimum Gasteiger partial charge on any atom is -0.383 e. The van der Waals surface area contributed by atoms with Crippen molar-refractivity contribution < 1.29 is 9.50 Å². The van der Waals surface area contributed by atoms with Crippen molar-refractivity contribution in [3.63, 3.8) is 0 Å². The average Bonchev–Trinajstić information content (AvgIpc) is 2.83. The van der Waals surface area contributed by atoms with Gasteiger partial charge in [0, 0.05) is 20.3 Å². The van der Waals surface area contributed by atoms with Crippen molar-refractivity contribution in [1.82, 2.24) is 0 Å². The highest BCUT2D eigenvalue weighted by Crippen LogP contribution is 2.37. The van der Waals surface area contributed by atoms with E-state index >= 15 is 0 Å². The first-order valence-corrected chi connectivity index (χ1v) is 7.85. The molecule has 3 rings (SSSR count). The third kappa shape index (κ3) is 2.28. The molecule has 0 bridgehead atoms. The maximum Gasteiger partial charge on any atom is 0.129 e. The number of rotatable bonds is 2. The summed E-state index contributed by atoms with van der Waals surface area (Å²) in [6.07, 6.45) is -0.946. The Morgan fingerprint density at radius 2 is 2.00 bits per heavy atom. The Morgan fingerprint density at radius 1 is 1.20 bits per heavy atom. The number of thiophene rings is 1. The van der Waals surface area contributed by atoms with E-state index in [1.807, 2.05) is 36.6 Å². The van der Waals surface area contributed by atoms with E-state index in [1.165, 1.54) is 6.07 Å². The predicted molar refractivity (Wildman–Crippen MR) is 84.7 cm³/mol. The van der Waals surface area contributed by atoms with Crippen LogP contribution < -0.4 is 0 Å². The summed E-state index contributed by atoms with van der Waals surface area (Å²) in [4.78, 5) is 0. The molecule has 1 aromatic heterocycles. The van der Waals surface area contributed by atoms with Gasteiger partial charge < -0.3 is 5.11 Å². The summed E-state index contributed by atoms with van der Waals surface area (Å²) in [5.74, 6) is -0.369. The molecule has 1 N–H and O–H groups in total. The molecule has 0 fully saturated rings. The lowest BCUT2D eigenvalue weighted by molar-refractivity contribution is 0.217. The summed E-state index contributed by atoms with van der Waals surface area (Å²) < 4.78 is 16.1. The second kappa shape index (κ2) is 5.28. The molecular weight excluding hydrogens is 339 g/mol. The maximum atomic E-state index is 14.0. The first-order valence-electron chi connectivity index (χ1n) is 6.17. The van der Waals surface area contributed by atoms with Gasteiger partial charge in [-0.1, -0.05) is 24.3 Å². The van der Waals surface area contributed by atoms with E-state index in [1.54, 1.807) is 17.4 Å². The van der Waals surface area contributed by atoms with Gasteiger partial charge in [-0.05, 0) is 51.3 Å². The molecule has 1 unspecified atom stereocenters. The number of hydrogen-bond acceptors (Lipinski definition) is 2. The average molecular weight is 351 g/mol. The van der Waals surface area contributed by atoms with Crippen LogP contribution in [0, 0.1) is 12.7 Å². The molecular formula is C16H12BrFOS. The summed E-state index contributed by atoms with van der Waals surface area (Å²) in [6.45, 7) is 1.83. The van der Waals surface area contributed by atoms with Gasteiger partial charge in [-0.15, -0.1) is 11.3 Å². The Morgan fingerprint density at radius 3 is 2.75 bits per heavy atom. The van der Waals surface area contributed by atoms with E-state index in [2.05, 4.69) is 15.9 Å². The second-order valence-electron chi connectivity index (χ2n) is 4.74. The molecule has 1 nitrogen and oxygen atoms in total. The fourth-order valence-electron chi connectivity index (χ4n) is 2.28. The number of benzene rings is 2. The topological polar surface area (TPSA) is 20.2 Å². The van der Waals surface area contributed by atoms with Gasteiger partial charge in [0.2, 0.25) is 0 Å². The van der Waals surface area contributed by atoms with Crippen molar-refractivity contribution in [2.24, 2.45) is 0 Å². The standard InChI is InChI=1S/C16H12BrFOS/c1-9-5-6-11(14(18)7-9)15(19)12-8-20-16-10(12)3-2-4-13(16)17/h2-8,15,19H,1H3. The van der Waals surface area contributed by atoms with Gasteiger partial charge in [-0.3, -0.25) is 0 Å². The Labute approximate surface area is 128 Å². The van der Waals surface area contributed by atoms with Crippen molar-refractivity contribution in [1.29, 1.82) is 0 Å². The smallest absolute Gasteiger partial charge is 0.129 e. The molecule has 0 aliphatic heterocycles. The second-order valence-corrected chi connectivity index (χ2v) is 6.47. The van der Waals surface area contributed by atoms with Crippen LogP contribution in [0.1, 0.15) is 22.8 Å². The zero-order valence-corrected chi connectivity index (χ0v) is 13.1. The zero-order valence-electron chi connectivity index (χ0n) is 10.7. The predicted octanol–water partition coefficient (Wildman–Crippen LogP) is 5.19. The highest BCUT2D eigenvalue weighted by atomic mass is 79.9. The molecule has 0 aliphatic rings.